The molecule has 0 spiro atoms. The number of aromatic amines is 1. The zero-order valence-corrected chi connectivity index (χ0v) is 11.3. The summed E-state index contributed by atoms with van der Waals surface area (Å²) in [5.74, 6) is 2.95. The van der Waals surface area contributed by atoms with Gasteiger partial charge in [-0.1, -0.05) is 30.8 Å². The van der Waals surface area contributed by atoms with Crippen molar-refractivity contribution in [1.29, 1.82) is 0 Å². The van der Waals surface area contributed by atoms with E-state index in [0.29, 0.717) is 5.92 Å². The standard InChI is InChI=1S/C11H16N4OS/c1-6(2)10-12-11(14-13-10)17-5-9-7(3)15-16-8(9)4/h6H,5H2,1-4H3,(H,12,13,14). The Morgan fingerprint density at radius 3 is 2.65 bits per heavy atom. The molecule has 2 aromatic heterocycles. The maximum atomic E-state index is 5.12. The van der Waals surface area contributed by atoms with Crippen LogP contribution < -0.4 is 0 Å². The molecule has 6 heteroatoms. The summed E-state index contributed by atoms with van der Waals surface area (Å²) >= 11 is 1.59. The molecule has 0 bridgehead atoms. The summed E-state index contributed by atoms with van der Waals surface area (Å²) in [5.41, 5.74) is 2.07. The number of aryl methyl sites for hydroxylation is 2. The number of thioether (sulfide) groups is 1. The summed E-state index contributed by atoms with van der Waals surface area (Å²) in [5, 5.41) is 11.8. The van der Waals surface area contributed by atoms with Gasteiger partial charge in [-0.15, -0.1) is 5.10 Å². The molecule has 0 aliphatic carbocycles. The largest absolute Gasteiger partial charge is 0.361 e. The lowest BCUT2D eigenvalue weighted by Gasteiger charge is -1.97. The summed E-state index contributed by atoms with van der Waals surface area (Å²) in [4.78, 5) is 4.41. The van der Waals surface area contributed by atoms with Crippen LogP contribution in [0.5, 0.6) is 0 Å². The highest BCUT2D eigenvalue weighted by molar-refractivity contribution is 7.98. The average molecular weight is 252 g/mol. The van der Waals surface area contributed by atoms with Gasteiger partial charge in [0.25, 0.3) is 0 Å². The van der Waals surface area contributed by atoms with Crippen LogP contribution in [0.4, 0.5) is 0 Å². The third kappa shape index (κ3) is 2.69. The Labute approximate surface area is 104 Å². The molecule has 0 radical (unpaired) electrons. The first kappa shape index (κ1) is 12.2. The molecule has 0 atom stereocenters. The first-order valence-corrected chi connectivity index (χ1v) is 6.53. The normalized spacial score (nSPS) is 11.4. The van der Waals surface area contributed by atoms with Crippen LogP contribution in [-0.4, -0.2) is 20.3 Å². The molecular weight excluding hydrogens is 236 g/mol. The van der Waals surface area contributed by atoms with Crippen LogP contribution >= 0.6 is 11.8 Å². The Balaban J connectivity index is 2.02. The molecule has 1 N–H and O–H groups in total. The monoisotopic (exact) mass is 252 g/mol. The number of aromatic nitrogens is 4. The first-order valence-electron chi connectivity index (χ1n) is 5.54. The molecule has 0 aromatic carbocycles. The predicted octanol–water partition coefficient (Wildman–Crippen LogP) is 2.83. The molecule has 2 heterocycles. The highest BCUT2D eigenvalue weighted by Crippen LogP contribution is 2.24. The van der Waals surface area contributed by atoms with Crippen LogP contribution in [-0.2, 0) is 5.75 Å². The highest BCUT2D eigenvalue weighted by atomic mass is 32.2. The lowest BCUT2D eigenvalue weighted by atomic mass is 10.2. The van der Waals surface area contributed by atoms with Crippen LogP contribution in [0, 0.1) is 13.8 Å². The molecule has 92 valence electrons. The van der Waals surface area contributed by atoms with Crippen molar-refractivity contribution in [2.75, 3.05) is 0 Å². The number of rotatable bonds is 4. The van der Waals surface area contributed by atoms with Gasteiger partial charge in [0.15, 0.2) is 0 Å². The minimum atomic E-state index is 0.371. The Kier molecular flexibility index (Phi) is 3.51. The highest BCUT2D eigenvalue weighted by Gasteiger charge is 2.12. The molecule has 0 fully saturated rings. The molecule has 0 aliphatic rings. The molecule has 0 unspecified atom stereocenters. The van der Waals surface area contributed by atoms with Gasteiger partial charge in [0.1, 0.15) is 11.6 Å². The van der Waals surface area contributed by atoms with Crippen LogP contribution in [0.2, 0.25) is 0 Å². The number of nitrogens with one attached hydrogen (secondary N) is 1. The van der Waals surface area contributed by atoms with Gasteiger partial charge >= 0.3 is 0 Å². The molecule has 0 amide bonds. The first-order chi connectivity index (χ1) is 8.08. The van der Waals surface area contributed by atoms with Crippen molar-refractivity contribution in [3.05, 3.63) is 22.8 Å². The van der Waals surface area contributed by atoms with Crippen molar-refractivity contribution in [2.45, 2.75) is 44.5 Å². The summed E-state index contributed by atoms with van der Waals surface area (Å²) in [6.45, 7) is 8.05. The SMILES string of the molecule is Cc1noc(C)c1CSc1n[nH]c(C(C)C)n1. The van der Waals surface area contributed by atoms with E-state index in [1.165, 1.54) is 0 Å². The van der Waals surface area contributed by atoms with Gasteiger partial charge < -0.3 is 4.52 Å². The van der Waals surface area contributed by atoms with Gasteiger partial charge in [0.05, 0.1) is 5.69 Å². The molecule has 0 aliphatic heterocycles. The number of hydrogen-bond acceptors (Lipinski definition) is 5. The molecule has 0 saturated carbocycles. The third-order valence-corrected chi connectivity index (χ3v) is 3.43. The van der Waals surface area contributed by atoms with Gasteiger partial charge in [-0.25, -0.2) is 4.98 Å². The molecule has 2 aromatic rings. The second kappa shape index (κ2) is 4.91. The summed E-state index contributed by atoms with van der Waals surface area (Å²) < 4.78 is 5.12. The number of hydrogen-bond donors (Lipinski definition) is 1. The summed E-state index contributed by atoms with van der Waals surface area (Å²) in [6.07, 6.45) is 0. The van der Waals surface area contributed by atoms with Crippen molar-refractivity contribution in [3.8, 4) is 0 Å². The molecular formula is C11H16N4OS. The molecule has 2 rings (SSSR count). The lowest BCUT2D eigenvalue weighted by molar-refractivity contribution is 0.392. The van der Waals surface area contributed by atoms with Gasteiger partial charge in [-0.3, -0.25) is 5.10 Å². The number of H-pyrrole nitrogens is 1. The van der Waals surface area contributed by atoms with E-state index in [4.69, 9.17) is 4.52 Å². The Morgan fingerprint density at radius 1 is 1.35 bits per heavy atom. The summed E-state index contributed by atoms with van der Waals surface area (Å²) in [6, 6.07) is 0. The van der Waals surface area contributed by atoms with E-state index in [-0.39, 0.29) is 0 Å². The fraction of sp³-hybridized carbons (Fsp3) is 0.545. The van der Waals surface area contributed by atoms with Crippen LogP contribution in [0.15, 0.2) is 9.68 Å². The fourth-order valence-electron chi connectivity index (χ4n) is 1.43. The molecule has 5 nitrogen and oxygen atoms in total. The maximum absolute atomic E-state index is 5.12. The van der Waals surface area contributed by atoms with Crippen molar-refractivity contribution < 1.29 is 4.52 Å². The number of nitrogens with zero attached hydrogens (tertiary/aromatic N) is 3. The average Bonchev–Trinajstić information content (AvgIpc) is 2.85. The molecule has 0 saturated heterocycles. The second-order valence-corrected chi connectivity index (χ2v) is 5.19. The van der Waals surface area contributed by atoms with E-state index in [9.17, 15) is 0 Å². The zero-order valence-electron chi connectivity index (χ0n) is 10.4. The van der Waals surface area contributed by atoms with Gasteiger partial charge in [0, 0.05) is 17.2 Å². The van der Waals surface area contributed by atoms with E-state index in [1.54, 1.807) is 11.8 Å². The zero-order chi connectivity index (χ0) is 12.4. The van der Waals surface area contributed by atoms with Crippen molar-refractivity contribution >= 4 is 11.8 Å². The fourth-order valence-corrected chi connectivity index (χ4v) is 2.38. The van der Waals surface area contributed by atoms with Crippen molar-refractivity contribution in [2.24, 2.45) is 0 Å². The second-order valence-electron chi connectivity index (χ2n) is 4.25. The van der Waals surface area contributed by atoms with Crippen LogP contribution in [0.3, 0.4) is 0 Å². The Morgan fingerprint density at radius 2 is 2.12 bits per heavy atom. The third-order valence-electron chi connectivity index (χ3n) is 2.56. The van der Waals surface area contributed by atoms with E-state index < -0.39 is 0 Å². The van der Waals surface area contributed by atoms with Crippen LogP contribution in [0.1, 0.15) is 42.6 Å². The van der Waals surface area contributed by atoms with Gasteiger partial charge in [-0.2, -0.15) is 0 Å². The lowest BCUT2D eigenvalue weighted by Crippen LogP contribution is -1.89. The van der Waals surface area contributed by atoms with E-state index in [1.807, 2.05) is 13.8 Å². The minimum absolute atomic E-state index is 0.371. The van der Waals surface area contributed by atoms with Crippen LogP contribution in [0.25, 0.3) is 0 Å². The van der Waals surface area contributed by atoms with E-state index in [0.717, 1.165) is 33.8 Å². The predicted molar refractivity (Wildman–Crippen MR) is 66.0 cm³/mol. The van der Waals surface area contributed by atoms with Crippen molar-refractivity contribution in [1.82, 2.24) is 20.3 Å². The Hall–Kier alpha value is -1.30. The summed E-state index contributed by atoms with van der Waals surface area (Å²) in [7, 11) is 0. The topological polar surface area (TPSA) is 67.6 Å². The van der Waals surface area contributed by atoms with E-state index >= 15 is 0 Å². The van der Waals surface area contributed by atoms with Gasteiger partial charge in [0.2, 0.25) is 5.16 Å². The Bertz CT molecular complexity index is 484. The quantitative estimate of drug-likeness (QED) is 0.847. The van der Waals surface area contributed by atoms with E-state index in [2.05, 4.69) is 34.2 Å². The molecule has 17 heavy (non-hydrogen) atoms. The van der Waals surface area contributed by atoms with Gasteiger partial charge in [-0.05, 0) is 13.8 Å². The smallest absolute Gasteiger partial charge is 0.208 e. The maximum Gasteiger partial charge on any atom is 0.208 e. The minimum Gasteiger partial charge on any atom is -0.361 e. The van der Waals surface area contributed by atoms with Crippen molar-refractivity contribution in [3.63, 3.8) is 0 Å².